The van der Waals surface area contributed by atoms with Crippen LogP contribution in [-0.4, -0.2) is 28.9 Å². The van der Waals surface area contributed by atoms with Crippen LogP contribution >= 0.6 is 11.8 Å². The fraction of sp³-hybridized carbons (Fsp3) is 0.333. The summed E-state index contributed by atoms with van der Waals surface area (Å²) in [6, 6.07) is 15.0. The van der Waals surface area contributed by atoms with Gasteiger partial charge < -0.3 is 4.74 Å². The van der Waals surface area contributed by atoms with E-state index < -0.39 is 6.17 Å². The first-order chi connectivity index (χ1) is 15.6. The van der Waals surface area contributed by atoms with Crippen molar-refractivity contribution in [1.82, 2.24) is 10.1 Å². The van der Waals surface area contributed by atoms with Crippen molar-refractivity contribution >= 4 is 23.4 Å². The number of unbranched alkanes of at least 4 members (excludes halogenated alkanes) is 2. The summed E-state index contributed by atoms with van der Waals surface area (Å²) in [6.07, 6.45) is 2.66. The molecule has 7 nitrogen and oxygen atoms in total. The Kier molecular flexibility index (Phi) is 6.60. The Hall–Kier alpha value is -3.13. The lowest BCUT2D eigenvalue weighted by Gasteiger charge is -2.31. The Morgan fingerprint density at radius 2 is 1.94 bits per heavy atom. The van der Waals surface area contributed by atoms with Crippen LogP contribution in [0.2, 0.25) is 0 Å². The normalized spacial score (nSPS) is 14.6. The Bertz CT molecular complexity index is 1190. The monoisotopic (exact) mass is 451 g/mol. The lowest BCUT2D eigenvalue weighted by atomic mass is 10.0. The average Bonchev–Trinajstić information content (AvgIpc) is 2.80. The van der Waals surface area contributed by atoms with Crippen molar-refractivity contribution in [2.45, 2.75) is 44.4 Å². The smallest absolute Gasteiger partial charge is 0.325 e. The SMILES string of the molecule is CCCCCSc1n[n+]2c(c(=O)[nH]1)-c1ccccc1N(C(C)=O)[C@@H]2c1ccccc1OC. The minimum absolute atomic E-state index is 0.147. The molecule has 1 atom stereocenters. The summed E-state index contributed by atoms with van der Waals surface area (Å²) in [5.74, 6) is 1.34. The third-order valence-corrected chi connectivity index (χ3v) is 6.45. The van der Waals surface area contributed by atoms with Crippen LogP contribution in [0.1, 0.15) is 44.8 Å². The summed E-state index contributed by atoms with van der Waals surface area (Å²) in [7, 11) is 1.60. The first-order valence-electron chi connectivity index (χ1n) is 10.8. The third-order valence-electron chi connectivity index (χ3n) is 5.50. The predicted octanol–water partition coefficient (Wildman–Crippen LogP) is 3.93. The number of methoxy groups -OCH3 is 1. The van der Waals surface area contributed by atoms with E-state index in [-0.39, 0.29) is 11.5 Å². The number of rotatable bonds is 7. The van der Waals surface area contributed by atoms with Gasteiger partial charge in [-0.05, 0) is 35.4 Å². The number of hydrogen-bond donors (Lipinski definition) is 1. The predicted molar refractivity (Wildman–Crippen MR) is 125 cm³/mol. The summed E-state index contributed by atoms with van der Waals surface area (Å²) < 4.78 is 7.28. The van der Waals surface area contributed by atoms with Crippen molar-refractivity contribution in [2.24, 2.45) is 0 Å². The number of fused-ring (bicyclic) bond motifs is 3. The number of nitrogens with one attached hydrogen (secondary N) is 1. The van der Waals surface area contributed by atoms with E-state index in [1.54, 1.807) is 16.7 Å². The van der Waals surface area contributed by atoms with Crippen molar-refractivity contribution in [3.63, 3.8) is 0 Å². The van der Waals surface area contributed by atoms with Crippen molar-refractivity contribution in [1.29, 1.82) is 0 Å². The van der Waals surface area contributed by atoms with E-state index >= 15 is 0 Å². The number of aromatic amines is 1. The second-order valence-electron chi connectivity index (χ2n) is 7.63. The van der Waals surface area contributed by atoms with Crippen LogP contribution in [0, 0.1) is 0 Å². The number of para-hydroxylation sites is 2. The highest BCUT2D eigenvalue weighted by atomic mass is 32.2. The molecule has 0 aliphatic carbocycles. The molecular weight excluding hydrogens is 424 g/mol. The number of aromatic nitrogens is 3. The molecule has 0 radical (unpaired) electrons. The molecule has 1 aromatic heterocycles. The first kappa shape index (κ1) is 22.1. The van der Waals surface area contributed by atoms with Gasteiger partial charge in [-0.1, -0.05) is 55.8 Å². The molecule has 0 saturated heterocycles. The molecule has 1 N–H and O–H groups in total. The Morgan fingerprint density at radius 3 is 2.69 bits per heavy atom. The maximum Gasteiger partial charge on any atom is 0.325 e. The average molecular weight is 452 g/mol. The summed E-state index contributed by atoms with van der Waals surface area (Å²) in [6.45, 7) is 3.68. The van der Waals surface area contributed by atoms with Crippen molar-refractivity contribution in [3.05, 3.63) is 64.4 Å². The fourth-order valence-electron chi connectivity index (χ4n) is 4.06. The van der Waals surface area contributed by atoms with Gasteiger partial charge in [0.2, 0.25) is 11.1 Å². The lowest BCUT2D eigenvalue weighted by molar-refractivity contribution is -0.763. The minimum Gasteiger partial charge on any atom is -0.496 e. The van der Waals surface area contributed by atoms with E-state index in [2.05, 4.69) is 11.9 Å². The molecule has 3 aromatic rings. The van der Waals surface area contributed by atoms with Crippen molar-refractivity contribution < 1.29 is 14.2 Å². The van der Waals surface area contributed by atoms with E-state index in [4.69, 9.17) is 9.84 Å². The van der Waals surface area contributed by atoms with Gasteiger partial charge in [-0.2, -0.15) is 0 Å². The van der Waals surface area contributed by atoms with E-state index in [1.165, 1.54) is 18.7 Å². The lowest BCUT2D eigenvalue weighted by Crippen LogP contribution is -2.60. The molecule has 0 spiro atoms. The summed E-state index contributed by atoms with van der Waals surface area (Å²) in [5, 5.41) is 5.35. The van der Waals surface area contributed by atoms with Gasteiger partial charge in [0, 0.05) is 17.8 Å². The molecule has 0 saturated carbocycles. The maximum absolute atomic E-state index is 13.3. The van der Waals surface area contributed by atoms with E-state index in [1.807, 2.05) is 48.5 Å². The zero-order valence-electron chi connectivity index (χ0n) is 18.5. The topological polar surface area (TPSA) is 79.2 Å². The summed E-state index contributed by atoms with van der Waals surface area (Å²) >= 11 is 1.52. The van der Waals surface area contributed by atoms with Crippen LogP contribution < -0.4 is 19.9 Å². The highest BCUT2D eigenvalue weighted by Crippen LogP contribution is 2.39. The van der Waals surface area contributed by atoms with Gasteiger partial charge in [0.1, 0.15) is 5.75 Å². The molecule has 1 aliphatic heterocycles. The molecule has 2 heterocycles. The van der Waals surface area contributed by atoms with Gasteiger partial charge >= 0.3 is 11.3 Å². The number of anilines is 1. The zero-order chi connectivity index (χ0) is 22.7. The van der Waals surface area contributed by atoms with Gasteiger partial charge in [0.05, 0.1) is 23.9 Å². The number of hydrogen-bond acceptors (Lipinski definition) is 5. The van der Waals surface area contributed by atoms with Crippen molar-refractivity contribution in [3.8, 4) is 17.0 Å². The van der Waals surface area contributed by atoms with Gasteiger partial charge in [-0.15, -0.1) is 0 Å². The number of carbonyl (C=O) groups is 1. The summed E-state index contributed by atoms with van der Waals surface area (Å²) in [5.41, 5.74) is 2.29. The number of carbonyl (C=O) groups excluding carboxylic acids is 1. The van der Waals surface area contributed by atoms with Gasteiger partial charge in [0.15, 0.2) is 0 Å². The Balaban J connectivity index is 1.94. The number of benzene rings is 2. The van der Waals surface area contributed by atoms with Crippen molar-refractivity contribution in [2.75, 3.05) is 17.8 Å². The maximum atomic E-state index is 13.3. The second-order valence-corrected chi connectivity index (χ2v) is 8.71. The summed E-state index contributed by atoms with van der Waals surface area (Å²) in [4.78, 5) is 30.8. The highest BCUT2D eigenvalue weighted by molar-refractivity contribution is 7.99. The van der Waals surface area contributed by atoms with Crippen LogP contribution in [0.4, 0.5) is 5.69 Å². The molecular formula is C24H27N4O3S+. The molecule has 1 aliphatic rings. The van der Waals surface area contributed by atoms with Crippen LogP contribution in [0.3, 0.4) is 0 Å². The molecule has 32 heavy (non-hydrogen) atoms. The number of ether oxygens (including phenoxy) is 1. The van der Waals surface area contributed by atoms with Crippen LogP contribution in [0.15, 0.2) is 58.5 Å². The molecule has 0 fully saturated rings. The number of nitrogens with zero attached hydrogens (tertiary/aromatic N) is 3. The van der Waals surface area contributed by atoms with Crippen LogP contribution in [0.25, 0.3) is 11.3 Å². The number of amides is 1. The number of thioether (sulfide) groups is 1. The first-order valence-corrected chi connectivity index (χ1v) is 11.8. The Morgan fingerprint density at radius 1 is 1.19 bits per heavy atom. The molecule has 4 rings (SSSR count). The van der Waals surface area contributed by atoms with E-state index in [9.17, 15) is 9.59 Å². The highest BCUT2D eigenvalue weighted by Gasteiger charge is 2.45. The second kappa shape index (κ2) is 9.56. The Labute approximate surface area is 191 Å². The standard InChI is InChI=1S/C24H26N4O3S/c1-4-5-10-15-32-24-25-22(30)21-17-11-6-8-13-19(17)27(16(2)29)23(28(21)26-24)18-12-7-9-14-20(18)31-3/h6-9,11-14,23H,4-5,10,15H2,1-3H3/p+1/t23-/m0/s1. The van der Waals surface area contributed by atoms with Gasteiger partial charge in [0.25, 0.3) is 6.17 Å². The molecule has 0 unspecified atom stereocenters. The van der Waals surface area contributed by atoms with E-state index in [0.29, 0.717) is 27.9 Å². The van der Waals surface area contributed by atoms with Crippen LogP contribution in [-0.2, 0) is 4.79 Å². The largest absolute Gasteiger partial charge is 0.496 e. The van der Waals surface area contributed by atoms with E-state index in [0.717, 1.165) is 30.6 Å². The van der Waals surface area contributed by atoms with Crippen LogP contribution in [0.5, 0.6) is 5.75 Å². The molecule has 166 valence electrons. The number of H-pyrrole nitrogens is 1. The molecule has 8 heteroatoms. The minimum atomic E-state index is -0.647. The van der Waals surface area contributed by atoms with Gasteiger partial charge in [-0.3, -0.25) is 14.6 Å². The van der Waals surface area contributed by atoms with Gasteiger partial charge in [-0.25, -0.2) is 4.90 Å². The molecule has 2 aromatic carbocycles. The third kappa shape index (κ3) is 4.02. The fourth-order valence-corrected chi connectivity index (χ4v) is 4.91. The zero-order valence-corrected chi connectivity index (χ0v) is 19.3. The quantitative estimate of drug-likeness (QED) is 0.335. The molecule has 0 bridgehead atoms. The molecule has 1 amide bonds.